The highest BCUT2D eigenvalue weighted by Crippen LogP contribution is 2.26. The van der Waals surface area contributed by atoms with Crippen molar-refractivity contribution in [3.63, 3.8) is 0 Å². The van der Waals surface area contributed by atoms with Gasteiger partial charge in [0.1, 0.15) is 30.5 Å². The number of nitrogens with one attached hydrogen (secondary N) is 2. The summed E-state index contributed by atoms with van der Waals surface area (Å²) in [6.07, 6.45) is 3.94. The number of aliphatic hydroxyl groups excluding tert-OH is 1. The van der Waals surface area contributed by atoms with Gasteiger partial charge in [0.15, 0.2) is 5.96 Å². The van der Waals surface area contributed by atoms with Crippen molar-refractivity contribution in [3.05, 3.63) is 0 Å². The number of carbonyl (C=O) groups is 5. The average Bonchev–Trinajstić information content (AvgIpc) is 3.63. The van der Waals surface area contributed by atoms with Gasteiger partial charge in [-0.15, -0.1) is 0 Å². The minimum atomic E-state index is -1.21. The SMILES string of the molecule is C[C@@H](O)[C@H](N)C(=O)N[C@@H](CCCCN)C(=O)N1CCC[C@H]1C(=O)N1CCC[C@H]1C(=O)N[C@H](C=O)CCCN=C(N)N. The second-order valence-electron chi connectivity index (χ2n) is 10.7. The Morgan fingerprint density at radius 1 is 1.00 bits per heavy atom. The molecule has 0 bridgehead atoms. The summed E-state index contributed by atoms with van der Waals surface area (Å²) in [6, 6.07) is -4.43. The Bertz CT molecular complexity index is 942. The van der Waals surface area contributed by atoms with E-state index in [2.05, 4.69) is 15.6 Å². The maximum atomic E-state index is 13.7. The second kappa shape index (κ2) is 16.8. The maximum Gasteiger partial charge on any atom is 0.246 e. The zero-order chi connectivity index (χ0) is 30.5. The van der Waals surface area contributed by atoms with Crippen LogP contribution >= 0.6 is 0 Å². The van der Waals surface area contributed by atoms with E-state index in [0.717, 1.165) is 0 Å². The zero-order valence-electron chi connectivity index (χ0n) is 23.9. The molecular weight excluding hydrogens is 534 g/mol. The van der Waals surface area contributed by atoms with Crippen molar-refractivity contribution >= 4 is 35.9 Å². The van der Waals surface area contributed by atoms with Gasteiger partial charge in [0.2, 0.25) is 23.6 Å². The Kier molecular flexibility index (Phi) is 13.9. The number of aliphatic imine (C=N–C) groups is 1. The van der Waals surface area contributed by atoms with E-state index < -0.39 is 54.0 Å². The molecule has 0 aliphatic carbocycles. The zero-order valence-corrected chi connectivity index (χ0v) is 23.9. The minimum Gasteiger partial charge on any atom is -0.391 e. The number of likely N-dealkylation sites (tertiary alicyclic amines) is 2. The van der Waals surface area contributed by atoms with Gasteiger partial charge in [0.05, 0.1) is 12.1 Å². The normalized spacial score (nSPS) is 21.5. The number of aldehydes is 1. The van der Waals surface area contributed by atoms with Gasteiger partial charge in [-0.25, -0.2) is 0 Å². The molecule has 0 aromatic heterocycles. The van der Waals surface area contributed by atoms with Crippen molar-refractivity contribution in [1.82, 2.24) is 20.4 Å². The molecule has 2 saturated heterocycles. The maximum absolute atomic E-state index is 13.7. The molecule has 0 spiro atoms. The molecule has 0 radical (unpaired) electrons. The number of rotatable bonds is 16. The lowest BCUT2D eigenvalue weighted by Gasteiger charge is -2.33. The second-order valence-corrected chi connectivity index (χ2v) is 10.7. The van der Waals surface area contributed by atoms with Gasteiger partial charge in [-0.05, 0) is 71.3 Å². The van der Waals surface area contributed by atoms with Crippen LogP contribution in [0, 0.1) is 0 Å². The quantitative estimate of drug-likeness (QED) is 0.0421. The van der Waals surface area contributed by atoms with Crippen molar-refractivity contribution in [2.75, 3.05) is 26.2 Å². The van der Waals surface area contributed by atoms with Crippen LogP contribution in [0.25, 0.3) is 0 Å². The first kappa shape index (κ1) is 33.9. The molecule has 15 heteroatoms. The lowest BCUT2D eigenvalue weighted by atomic mass is 10.1. The smallest absolute Gasteiger partial charge is 0.246 e. The van der Waals surface area contributed by atoms with E-state index in [4.69, 9.17) is 22.9 Å². The Balaban J connectivity index is 2.10. The first-order valence-electron chi connectivity index (χ1n) is 14.4. The van der Waals surface area contributed by atoms with E-state index in [9.17, 15) is 29.1 Å². The van der Waals surface area contributed by atoms with Gasteiger partial charge in [-0.1, -0.05) is 0 Å². The molecule has 15 nitrogen and oxygen atoms in total. The van der Waals surface area contributed by atoms with Crippen LogP contribution in [0.4, 0.5) is 0 Å². The number of aliphatic hydroxyl groups is 1. The Hall–Kier alpha value is -3.30. The summed E-state index contributed by atoms with van der Waals surface area (Å²) >= 11 is 0. The first-order chi connectivity index (χ1) is 19.5. The largest absolute Gasteiger partial charge is 0.391 e. The number of carbonyl (C=O) groups excluding carboxylic acids is 5. The highest BCUT2D eigenvalue weighted by Gasteiger charge is 2.43. The van der Waals surface area contributed by atoms with E-state index >= 15 is 0 Å². The van der Waals surface area contributed by atoms with Crippen LogP contribution in [-0.2, 0) is 24.0 Å². The predicted molar refractivity (Wildman–Crippen MR) is 152 cm³/mol. The van der Waals surface area contributed by atoms with Crippen LogP contribution in [-0.4, -0.2) is 113 Å². The minimum absolute atomic E-state index is 0.0520. The fraction of sp³-hybridized carbons (Fsp3) is 0.769. The summed E-state index contributed by atoms with van der Waals surface area (Å²) in [5.74, 6) is -1.89. The summed E-state index contributed by atoms with van der Waals surface area (Å²) < 4.78 is 0. The van der Waals surface area contributed by atoms with E-state index in [1.54, 1.807) is 0 Å². The van der Waals surface area contributed by atoms with Gasteiger partial charge in [-0.2, -0.15) is 0 Å². The molecule has 2 rings (SSSR count). The molecule has 0 unspecified atom stereocenters. The molecule has 2 aliphatic rings. The van der Waals surface area contributed by atoms with E-state index in [0.29, 0.717) is 90.3 Å². The molecule has 232 valence electrons. The third-order valence-corrected chi connectivity index (χ3v) is 7.50. The highest BCUT2D eigenvalue weighted by molar-refractivity contribution is 5.95. The summed E-state index contributed by atoms with van der Waals surface area (Å²) in [7, 11) is 0. The lowest BCUT2D eigenvalue weighted by molar-refractivity contribution is -0.148. The molecule has 6 atom stereocenters. The van der Waals surface area contributed by atoms with Crippen LogP contribution in [0.1, 0.15) is 64.7 Å². The summed E-state index contributed by atoms with van der Waals surface area (Å²) in [5, 5.41) is 15.1. The van der Waals surface area contributed by atoms with Crippen LogP contribution in [0.15, 0.2) is 4.99 Å². The van der Waals surface area contributed by atoms with Crippen molar-refractivity contribution < 1.29 is 29.1 Å². The number of amides is 4. The highest BCUT2D eigenvalue weighted by atomic mass is 16.3. The fourth-order valence-electron chi connectivity index (χ4n) is 5.19. The van der Waals surface area contributed by atoms with Crippen molar-refractivity contribution in [2.45, 2.75) is 101 Å². The molecule has 0 aromatic carbocycles. The Labute approximate surface area is 240 Å². The standard InChI is InChI=1S/C26H47N9O6/c1-16(37)21(28)23(39)33-18(8-2-3-11-27)24(40)35-14-6-10-20(35)25(41)34-13-5-9-19(34)22(38)32-17(15-36)7-4-12-31-26(29)30/h15-21,37H,2-14,27-28H2,1H3,(H,32,38)(H,33,39)(H4,29,30,31)/t16-,17+,18+,19+,20+,21+/m1/s1. The predicted octanol–water partition coefficient (Wildman–Crippen LogP) is -2.97. The molecule has 11 N–H and O–H groups in total. The van der Waals surface area contributed by atoms with Crippen molar-refractivity contribution in [2.24, 2.45) is 27.9 Å². The van der Waals surface area contributed by atoms with E-state index in [1.807, 2.05) is 0 Å². The monoisotopic (exact) mass is 581 g/mol. The molecule has 2 heterocycles. The molecule has 2 fully saturated rings. The van der Waals surface area contributed by atoms with Crippen LogP contribution in [0.2, 0.25) is 0 Å². The van der Waals surface area contributed by atoms with Crippen LogP contribution in [0.3, 0.4) is 0 Å². The topological polar surface area (TPSA) is 253 Å². The summed E-state index contributed by atoms with van der Waals surface area (Å²) in [6.45, 7) is 2.81. The van der Waals surface area contributed by atoms with Crippen molar-refractivity contribution in [1.29, 1.82) is 0 Å². The number of nitrogens with zero attached hydrogens (tertiary/aromatic N) is 3. The third kappa shape index (κ3) is 9.93. The van der Waals surface area contributed by atoms with Crippen molar-refractivity contribution in [3.8, 4) is 0 Å². The van der Waals surface area contributed by atoms with Crippen LogP contribution in [0.5, 0.6) is 0 Å². The molecular formula is C26H47N9O6. The molecule has 0 aromatic rings. The first-order valence-corrected chi connectivity index (χ1v) is 14.4. The molecule has 41 heavy (non-hydrogen) atoms. The third-order valence-electron chi connectivity index (χ3n) is 7.50. The number of hydrogen-bond donors (Lipinski definition) is 7. The van der Waals surface area contributed by atoms with Gasteiger partial charge < -0.3 is 53.3 Å². The van der Waals surface area contributed by atoms with Gasteiger partial charge in [0.25, 0.3) is 0 Å². The van der Waals surface area contributed by atoms with Crippen LogP contribution < -0.4 is 33.6 Å². The summed E-state index contributed by atoms with van der Waals surface area (Å²) in [4.78, 5) is 71.4. The van der Waals surface area contributed by atoms with Gasteiger partial charge >= 0.3 is 0 Å². The Morgan fingerprint density at radius 3 is 2.27 bits per heavy atom. The van der Waals surface area contributed by atoms with Gasteiger partial charge in [-0.3, -0.25) is 24.2 Å². The number of guanidine groups is 1. The lowest BCUT2D eigenvalue weighted by Crippen LogP contribution is -2.58. The fourth-order valence-corrected chi connectivity index (χ4v) is 5.19. The van der Waals surface area contributed by atoms with E-state index in [1.165, 1.54) is 16.7 Å². The Morgan fingerprint density at radius 2 is 1.66 bits per heavy atom. The molecule has 0 saturated carbocycles. The molecule has 4 amide bonds. The number of unbranched alkanes of at least 4 members (excludes halogenated alkanes) is 1. The summed E-state index contributed by atoms with van der Waals surface area (Å²) in [5.41, 5.74) is 22.0. The molecule has 2 aliphatic heterocycles. The average molecular weight is 582 g/mol. The number of nitrogens with two attached hydrogens (primary N) is 4. The van der Waals surface area contributed by atoms with E-state index in [-0.39, 0.29) is 11.9 Å². The van der Waals surface area contributed by atoms with Gasteiger partial charge in [0, 0.05) is 19.6 Å². The number of hydrogen-bond acceptors (Lipinski definition) is 9.